The molecule has 0 spiro atoms. The van der Waals surface area contributed by atoms with E-state index < -0.39 is 23.5 Å². The van der Waals surface area contributed by atoms with Crippen molar-refractivity contribution in [3.05, 3.63) is 47.7 Å². The number of benzene rings is 1. The van der Waals surface area contributed by atoms with Gasteiger partial charge in [-0.2, -0.15) is 0 Å². The van der Waals surface area contributed by atoms with E-state index in [0.717, 1.165) is 24.8 Å². The number of likely N-dealkylation sites (tertiary alicyclic amines) is 1. The van der Waals surface area contributed by atoms with E-state index in [1.54, 1.807) is 24.5 Å². The van der Waals surface area contributed by atoms with Crippen LogP contribution in [0.4, 0.5) is 4.39 Å². The number of amides is 1. The number of hydrogen-bond acceptors (Lipinski definition) is 5. The van der Waals surface area contributed by atoms with Crippen molar-refractivity contribution >= 4 is 19.2 Å². The van der Waals surface area contributed by atoms with Crippen LogP contribution >= 0.6 is 0 Å². The predicted octanol–water partition coefficient (Wildman–Crippen LogP) is 3.87. The summed E-state index contributed by atoms with van der Waals surface area (Å²) in [5.74, 6) is 0.400. The molecule has 2 fully saturated rings. The van der Waals surface area contributed by atoms with E-state index in [4.69, 9.17) is 16.6 Å². The number of ether oxygens (including phenoxy) is 1. The monoisotopic (exact) mass is 462 g/mol. The molecule has 34 heavy (non-hydrogen) atoms. The molecule has 4 atom stereocenters. The second kappa shape index (κ2) is 9.29. The van der Waals surface area contributed by atoms with Crippen molar-refractivity contribution in [2.75, 3.05) is 0 Å². The Hall–Kier alpha value is -3.08. The van der Waals surface area contributed by atoms with Crippen LogP contribution in [0, 0.1) is 30.0 Å². The molecule has 2 aliphatic rings. The quantitative estimate of drug-likeness (QED) is 0.633. The summed E-state index contributed by atoms with van der Waals surface area (Å²) < 4.78 is 26.0. The molecule has 2 unspecified atom stereocenters. The summed E-state index contributed by atoms with van der Waals surface area (Å²) in [7, 11) is 6.27. The number of aryl methyl sites for hydroxylation is 1. The van der Waals surface area contributed by atoms with Gasteiger partial charge in [0, 0.05) is 0 Å². The number of carbonyl (C=O) groups excluding carboxylic acids is 1. The molecule has 1 aliphatic heterocycles. The fraction of sp³-hybridized carbons (Fsp3) is 0.500. The Balaban J connectivity index is 1.46. The van der Waals surface area contributed by atoms with Gasteiger partial charge >= 0.3 is 171 Å². The van der Waals surface area contributed by atoms with E-state index in [2.05, 4.69) is 11.4 Å². The molecule has 2 heterocycles. The summed E-state index contributed by atoms with van der Waals surface area (Å²) >= 11 is 0. The third-order valence-electron chi connectivity index (χ3n) is 6.64. The number of rotatable bonds is 7. The Morgan fingerprint density at radius 2 is 2.15 bits per heavy atom. The van der Waals surface area contributed by atoms with Crippen molar-refractivity contribution in [2.45, 2.75) is 77.1 Å². The van der Waals surface area contributed by atoms with Gasteiger partial charge in [0.2, 0.25) is 0 Å². The van der Waals surface area contributed by atoms with Gasteiger partial charge in [-0.05, 0) is 13.0 Å². The van der Waals surface area contributed by atoms with Crippen LogP contribution in [0.25, 0.3) is 11.1 Å². The minimum atomic E-state index is -0.866. The topological polar surface area (TPSA) is 78.5 Å². The molecule has 1 saturated carbocycles. The number of hydrogen-bond donors (Lipinski definition) is 1. The van der Waals surface area contributed by atoms with Crippen LogP contribution in [0.1, 0.15) is 51.4 Å². The van der Waals surface area contributed by atoms with Crippen LogP contribution in [0.15, 0.2) is 34.9 Å². The summed E-state index contributed by atoms with van der Waals surface area (Å²) in [4.78, 5) is 15.1. The summed E-state index contributed by atoms with van der Waals surface area (Å²) in [5, 5.41) is 12.5. The van der Waals surface area contributed by atoms with E-state index in [1.807, 2.05) is 32.6 Å². The van der Waals surface area contributed by atoms with Gasteiger partial charge in [0.1, 0.15) is 5.76 Å². The van der Waals surface area contributed by atoms with Crippen LogP contribution in [0.5, 0.6) is 0 Å². The second-order valence-electron chi connectivity index (χ2n) is 10.2. The van der Waals surface area contributed by atoms with Gasteiger partial charge in [-0.3, -0.25) is 0 Å². The fourth-order valence-electron chi connectivity index (χ4n) is 5.18. The number of nitrogens with one attached hydrogen (secondary N) is 1. The molecule has 1 aromatic heterocycles. The Bertz CT molecular complexity index is 1130. The summed E-state index contributed by atoms with van der Waals surface area (Å²) in [6, 6.07) is 7.57. The molecule has 2 aromatic rings. The third kappa shape index (κ3) is 4.89. The Morgan fingerprint density at radius 1 is 1.38 bits per heavy atom. The maximum absolute atomic E-state index is 14.9. The first-order chi connectivity index (χ1) is 16.1. The molecule has 1 amide bonds. The molecule has 4 rings (SSSR count). The number of nitriles is 1. The van der Waals surface area contributed by atoms with Crippen molar-refractivity contribution < 1.29 is 18.3 Å². The van der Waals surface area contributed by atoms with Gasteiger partial charge in [0.15, 0.2) is 0 Å². The van der Waals surface area contributed by atoms with Crippen molar-refractivity contribution in [3.63, 3.8) is 0 Å². The predicted molar refractivity (Wildman–Crippen MR) is 128 cm³/mol. The normalized spacial score (nSPS) is 22.3. The zero-order valence-electron chi connectivity index (χ0n) is 20.1. The van der Waals surface area contributed by atoms with Crippen LogP contribution in [0.3, 0.4) is 0 Å². The number of furan rings is 1. The van der Waals surface area contributed by atoms with Gasteiger partial charge in [-0.25, -0.2) is 0 Å². The van der Waals surface area contributed by atoms with Crippen molar-refractivity contribution in [2.24, 2.45) is 5.92 Å². The molecular formula is C26H30BFN3O3. The molecule has 177 valence electrons. The zero-order chi connectivity index (χ0) is 24.6. The van der Waals surface area contributed by atoms with Crippen molar-refractivity contribution in [1.82, 2.24) is 10.2 Å². The van der Waals surface area contributed by atoms with Crippen molar-refractivity contribution in [3.8, 4) is 17.2 Å². The van der Waals surface area contributed by atoms with Gasteiger partial charge in [0.05, 0.1) is 6.26 Å². The molecule has 2 bridgehead atoms. The molecule has 8 heteroatoms. The molecule has 1 saturated heterocycles. The molecule has 1 radical (unpaired) electrons. The average molecular weight is 462 g/mol. The van der Waals surface area contributed by atoms with Crippen LogP contribution in [0.2, 0.25) is 0 Å². The number of nitrogens with zero attached hydrogens (tertiary/aromatic N) is 2. The summed E-state index contributed by atoms with van der Waals surface area (Å²) in [6.45, 7) is 7.53. The van der Waals surface area contributed by atoms with Crippen LogP contribution in [-0.2, 0) is 16.0 Å². The van der Waals surface area contributed by atoms with Gasteiger partial charge in [-0.15, -0.1) is 0 Å². The molecule has 1 aliphatic carbocycles. The Kier molecular flexibility index (Phi) is 6.57. The van der Waals surface area contributed by atoms with E-state index in [9.17, 15) is 14.4 Å². The number of piperidine rings is 1. The minimum absolute atomic E-state index is 0.0667. The van der Waals surface area contributed by atoms with Gasteiger partial charge in [-0.1, -0.05) is 0 Å². The number of halogens is 1. The van der Waals surface area contributed by atoms with E-state index in [1.165, 1.54) is 6.07 Å². The first kappa shape index (κ1) is 24.1. The number of fused-ring (bicyclic) bond motifs is 2. The Labute approximate surface area is 201 Å². The third-order valence-corrected chi connectivity index (χ3v) is 6.64. The maximum atomic E-state index is 14.9. The first-order valence-electron chi connectivity index (χ1n) is 11.7. The van der Waals surface area contributed by atoms with E-state index in [0.29, 0.717) is 16.9 Å². The molecule has 6 nitrogen and oxygen atoms in total. The van der Waals surface area contributed by atoms with Crippen LogP contribution < -0.4 is 5.32 Å². The summed E-state index contributed by atoms with van der Waals surface area (Å²) in [5.41, 5.74) is 1.40. The van der Waals surface area contributed by atoms with Crippen molar-refractivity contribution in [1.29, 1.82) is 5.26 Å². The first-order valence-corrected chi connectivity index (χ1v) is 11.7. The van der Waals surface area contributed by atoms with Gasteiger partial charge < -0.3 is 4.42 Å². The molecular weight excluding hydrogens is 432 g/mol. The van der Waals surface area contributed by atoms with E-state index in [-0.39, 0.29) is 30.1 Å². The zero-order valence-corrected chi connectivity index (χ0v) is 20.1. The van der Waals surface area contributed by atoms with E-state index >= 15 is 0 Å². The molecule has 1 aromatic carbocycles. The fourth-order valence-corrected chi connectivity index (χ4v) is 5.18. The SMILES string of the molecule is [B]=C(OC(C)(C)C)N1[C@@H]2CCC(C2)[C@H]1C(=O)NC(C#N)Cc1ccc(-c2ccoc2C)cc1F. The van der Waals surface area contributed by atoms with Gasteiger partial charge in [0.25, 0.3) is 0 Å². The Morgan fingerprint density at radius 3 is 2.76 bits per heavy atom. The molecule has 1 N–H and O–H groups in total. The number of carbonyl (C=O) groups is 1. The average Bonchev–Trinajstić information content (AvgIpc) is 3.49. The van der Waals surface area contributed by atoms with Crippen LogP contribution in [-0.4, -0.2) is 47.8 Å². The summed E-state index contributed by atoms with van der Waals surface area (Å²) in [6.07, 6.45) is 4.39. The second-order valence-corrected chi connectivity index (χ2v) is 10.2. The standard InChI is InChI=1S/C26H30BFN3O3/c1-15-21(9-10-33-15)16-5-6-17(22(28)13-16)11-19(14-29)30-24(32)23-18-7-8-20(12-18)31(23)25(27)34-26(2,3)4/h5-6,9-10,13,18-20,23H,7-8,11-12H2,1-4H3,(H,30,32)/t18?,19?,20-,23+/m1/s1.